The monoisotopic (exact) mass is 340 g/mol. The molecule has 2 heterocycles. The Kier molecular flexibility index (Phi) is 4.61. The number of hydrogen-bond acceptors (Lipinski definition) is 3. The highest BCUT2D eigenvalue weighted by molar-refractivity contribution is 7.80. The van der Waals surface area contributed by atoms with E-state index in [2.05, 4.69) is 52.0 Å². The summed E-state index contributed by atoms with van der Waals surface area (Å²) in [6, 6.07) is 10.3. The zero-order valence-electron chi connectivity index (χ0n) is 13.9. The van der Waals surface area contributed by atoms with Gasteiger partial charge in [0.2, 0.25) is 0 Å². The van der Waals surface area contributed by atoms with Crippen molar-refractivity contribution in [3.8, 4) is 0 Å². The third-order valence-electron chi connectivity index (χ3n) is 3.79. The minimum atomic E-state index is 0.493. The molecule has 0 aliphatic rings. The lowest BCUT2D eigenvalue weighted by Gasteiger charge is -2.08. The Bertz CT molecular complexity index is 864. The lowest BCUT2D eigenvalue weighted by atomic mass is 10.1. The van der Waals surface area contributed by atoms with E-state index in [9.17, 15) is 0 Å². The van der Waals surface area contributed by atoms with Crippen LogP contribution in [0.25, 0.3) is 0 Å². The average molecular weight is 340 g/mol. The highest BCUT2D eigenvalue weighted by Gasteiger charge is 2.07. The maximum Gasteiger partial charge on any atom is 0.176 e. The van der Waals surface area contributed by atoms with Crippen LogP contribution in [-0.2, 0) is 13.6 Å². The van der Waals surface area contributed by atoms with Crippen molar-refractivity contribution >= 4 is 28.8 Å². The molecule has 0 radical (unpaired) electrons. The van der Waals surface area contributed by atoms with Crippen LogP contribution in [0.2, 0.25) is 0 Å². The number of nitrogens with zero attached hydrogens (tertiary/aromatic N) is 4. The van der Waals surface area contributed by atoms with Crippen molar-refractivity contribution < 1.29 is 0 Å². The van der Waals surface area contributed by atoms with E-state index >= 15 is 0 Å². The summed E-state index contributed by atoms with van der Waals surface area (Å²) < 4.78 is 3.68. The van der Waals surface area contributed by atoms with Gasteiger partial charge in [-0.15, -0.1) is 0 Å². The summed E-state index contributed by atoms with van der Waals surface area (Å²) in [6.07, 6.45) is 3.68. The number of rotatable bonds is 4. The molecule has 24 heavy (non-hydrogen) atoms. The van der Waals surface area contributed by atoms with Crippen LogP contribution >= 0.6 is 12.2 Å². The van der Waals surface area contributed by atoms with E-state index in [0.717, 1.165) is 17.9 Å². The normalized spacial score (nSPS) is 10.6. The van der Waals surface area contributed by atoms with Gasteiger partial charge in [-0.2, -0.15) is 10.2 Å². The molecular formula is C17H20N6S. The molecule has 0 unspecified atom stereocenters. The van der Waals surface area contributed by atoms with Crippen LogP contribution in [-0.4, -0.2) is 24.7 Å². The first-order valence-electron chi connectivity index (χ1n) is 7.67. The van der Waals surface area contributed by atoms with Crippen molar-refractivity contribution in [1.29, 1.82) is 0 Å². The van der Waals surface area contributed by atoms with Gasteiger partial charge in [0.15, 0.2) is 10.9 Å². The molecule has 6 nitrogen and oxygen atoms in total. The van der Waals surface area contributed by atoms with Crippen LogP contribution in [0.15, 0.2) is 42.7 Å². The summed E-state index contributed by atoms with van der Waals surface area (Å²) >= 11 is 5.33. The molecular weight excluding hydrogens is 320 g/mol. The lowest BCUT2D eigenvalue weighted by Crippen LogP contribution is -2.20. The summed E-state index contributed by atoms with van der Waals surface area (Å²) in [7, 11) is 1.89. The number of aryl methyl sites for hydroxylation is 2. The van der Waals surface area contributed by atoms with Crippen LogP contribution in [0.4, 0.5) is 11.5 Å². The van der Waals surface area contributed by atoms with Gasteiger partial charge in [-0.05, 0) is 31.6 Å². The van der Waals surface area contributed by atoms with E-state index in [1.54, 1.807) is 10.9 Å². The molecule has 0 fully saturated rings. The van der Waals surface area contributed by atoms with Crippen LogP contribution < -0.4 is 10.6 Å². The summed E-state index contributed by atoms with van der Waals surface area (Å²) in [4.78, 5) is 0. The Hall–Kier alpha value is -2.67. The molecule has 1 aromatic carbocycles. The summed E-state index contributed by atoms with van der Waals surface area (Å²) in [5.41, 5.74) is 4.37. The van der Waals surface area contributed by atoms with E-state index < -0.39 is 0 Å². The van der Waals surface area contributed by atoms with Crippen molar-refractivity contribution in [2.24, 2.45) is 7.05 Å². The molecule has 0 saturated heterocycles. The standard InChI is InChI=1S/C17H20N6S/c1-12-5-4-6-14(9-12)11-23-8-7-16(21-23)20-17(24)19-15-10-18-22(3)13(15)2/h4-10H,11H2,1-3H3,(H2,19,20,21,24). The first-order valence-corrected chi connectivity index (χ1v) is 8.08. The van der Waals surface area contributed by atoms with Gasteiger partial charge in [-0.1, -0.05) is 29.8 Å². The number of nitrogens with one attached hydrogen (secondary N) is 2. The van der Waals surface area contributed by atoms with Crippen LogP contribution in [0, 0.1) is 13.8 Å². The third kappa shape index (κ3) is 3.80. The molecule has 0 amide bonds. The molecule has 2 N–H and O–H groups in total. The second kappa shape index (κ2) is 6.84. The summed E-state index contributed by atoms with van der Waals surface area (Å²) in [6.45, 7) is 4.80. The van der Waals surface area contributed by atoms with Crippen LogP contribution in [0.1, 0.15) is 16.8 Å². The number of anilines is 2. The molecule has 0 aliphatic carbocycles. The Morgan fingerprint density at radius 2 is 2.04 bits per heavy atom. The molecule has 7 heteroatoms. The smallest absolute Gasteiger partial charge is 0.176 e. The van der Waals surface area contributed by atoms with Gasteiger partial charge in [0, 0.05) is 19.3 Å². The Balaban J connectivity index is 1.61. The van der Waals surface area contributed by atoms with Crippen LogP contribution in [0.3, 0.4) is 0 Å². The first kappa shape index (κ1) is 16.2. The Morgan fingerprint density at radius 3 is 2.75 bits per heavy atom. The quantitative estimate of drug-likeness (QED) is 0.715. The fourth-order valence-electron chi connectivity index (χ4n) is 2.41. The van der Waals surface area contributed by atoms with Crippen molar-refractivity contribution in [2.45, 2.75) is 20.4 Å². The molecule has 0 aliphatic heterocycles. The van der Waals surface area contributed by atoms with Crippen molar-refractivity contribution in [3.05, 3.63) is 59.5 Å². The Labute approximate surface area is 146 Å². The number of hydrogen-bond donors (Lipinski definition) is 2. The van der Waals surface area contributed by atoms with E-state index in [-0.39, 0.29) is 0 Å². The molecule has 3 aromatic rings. The zero-order valence-corrected chi connectivity index (χ0v) is 14.8. The van der Waals surface area contributed by atoms with Crippen LogP contribution in [0.5, 0.6) is 0 Å². The van der Waals surface area contributed by atoms with E-state index in [1.807, 2.05) is 30.9 Å². The predicted octanol–water partition coefficient (Wildman–Crippen LogP) is 3.09. The Morgan fingerprint density at radius 1 is 1.21 bits per heavy atom. The minimum absolute atomic E-state index is 0.493. The maximum atomic E-state index is 5.33. The van der Waals surface area contributed by atoms with Gasteiger partial charge in [0.05, 0.1) is 24.1 Å². The van der Waals surface area contributed by atoms with E-state index in [4.69, 9.17) is 12.2 Å². The van der Waals surface area contributed by atoms with Gasteiger partial charge >= 0.3 is 0 Å². The van der Waals surface area contributed by atoms with Gasteiger partial charge < -0.3 is 10.6 Å². The molecule has 3 rings (SSSR count). The summed E-state index contributed by atoms with van der Waals surface area (Å²) in [5.74, 6) is 0.710. The second-order valence-electron chi connectivity index (χ2n) is 5.73. The third-order valence-corrected chi connectivity index (χ3v) is 4.00. The summed E-state index contributed by atoms with van der Waals surface area (Å²) in [5, 5.41) is 15.4. The first-order chi connectivity index (χ1) is 11.5. The largest absolute Gasteiger partial charge is 0.330 e. The van der Waals surface area contributed by atoms with Crippen molar-refractivity contribution in [3.63, 3.8) is 0 Å². The second-order valence-corrected chi connectivity index (χ2v) is 6.14. The SMILES string of the molecule is Cc1cccc(Cn2ccc(NC(=S)Nc3cnn(C)c3C)n2)c1. The molecule has 124 valence electrons. The fourth-order valence-corrected chi connectivity index (χ4v) is 2.62. The minimum Gasteiger partial charge on any atom is -0.330 e. The van der Waals surface area contributed by atoms with Crippen molar-refractivity contribution in [1.82, 2.24) is 19.6 Å². The van der Waals surface area contributed by atoms with Gasteiger partial charge in [0.1, 0.15) is 0 Å². The zero-order chi connectivity index (χ0) is 17.1. The number of thiocarbonyl (C=S) groups is 1. The highest BCUT2D eigenvalue weighted by atomic mass is 32.1. The van der Waals surface area contributed by atoms with Gasteiger partial charge in [-0.25, -0.2) is 0 Å². The van der Waals surface area contributed by atoms with E-state index in [0.29, 0.717) is 10.9 Å². The van der Waals surface area contributed by atoms with Gasteiger partial charge in [-0.3, -0.25) is 9.36 Å². The number of aromatic nitrogens is 4. The predicted molar refractivity (Wildman–Crippen MR) is 100 cm³/mol. The lowest BCUT2D eigenvalue weighted by molar-refractivity contribution is 0.689. The molecule has 0 bridgehead atoms. The van der Waals surface area contributed by atoms with Crippen molar-refractivity contribution in [2.75, 3.05) is 10.6 Å². The average Bonchev–Trinajstić information content (AvgIpc) is 3.09. The van der Waals surface area contributed by atoms with Gasteiger partial charge in [0.25, 0.3) is 0 Å². The highest BCUT2D eigenvalue weighted by Crippen LogP contribution is 2.13. The molecule has 0 saturated carbocycles. The molecule has 2 aromatic heterocycles. The fraction of sp³-hybridized carbons (Fsp3) is 0.235. The molecule has 0 spiro atoms. The maximum absolute atomic E-state index is 5.33. The number of benzene rings is 1. The topological polar surface area (TPSA) is 59.7 Å². The van der Waals surface area contributed by atoms with E-state index in [1.165, 1.54) is 11.1 Å². The molecule has 0 atom stereocenters.